The Morgan fingerprint density at radius 3 is 2.00 bits per heavy atom. The lowest BCUT2D eigenvalue weighted by atomic mass is 9.90. The first-order valence-electron chi connectivity index (χ1n) is 3.24. The van der Waals surface area contributed by atoms with Gasteiger partial charge in [0.15, 0.2) is 0 Å². The molecule has 1 unspecified atom stereocenters. The summed E-state index contributed by atoms with van der Waals surface area (Å²) in [5.41, 5.74) is -0.707. The number of carbonyl (C=O) groups excluding carboxylic acids is 2. The summed E-state index contributed by atoms with van der Waals surface area (Å²) in [6.45, 7) is 5.45. The smallest absolute Gasteiger partial charge is 0.207 e. The van der Waals surface area contributed by atoms with Crippen molar-refractivity contribution in [2.45, 2.75) is 26.3 Å². The quantitative estimate of drug-likeness (QED) is 0.577. The summed E-state index contributed by atoms with van der Waals surface area (Å²) in [5, 5.41) is 2.46. The Kier molecular flexibility index (Phi) is 3.06. The van der Waals surface area contributed by atoms with E-state index in [9.17, 15) is 9.59 Å². The molecule has 0 aromatic heterocycles. The SMILES string of the molecule is CC(C)C(C)(C=O)NC=O. The number of hydrogen-bond acceptors (Lipinski definition) is 2. The van der Waals surface area contributed by atoms with Crippen LogP contribution in [0.1, 0.15) is 20.8 Å². The van der Waals surface area contributed by atoms with Crippen LogP contribution in [0.25, 0.3) is 0 Å². The topological polar surface area (TPSA) is 46.2 Å². The average molecular weight is 143 g/mol. The van der Waals surface area contributed by atoms with Crippen molar-refractivity contribution >= 4 is 12.7 Å². The minimum Gasteiger partial charge on any atom is -0.346 e. The zero-order valence-corrected chi connectivity index (χ0v) is 6.55. The molecule has 0 aromatic rings. The highest BCUT2D eigenvalue weighted by atomic mass is 16.1. The first-order chi connectivity index (χ1) is 4.56. The van der Waals surface area contributed by atoms with Gasteiger partial charge in [-0.1, -0.05) is 13.8 Å². The van der Waals surface area contributed by atoms with E-state index in [1.54, 1.807) is 6.92 Å². The Labute approximate surface area is 60.8 Å². The first-order valence-corrected chi connectivity index (χ1v) is 3.24. The van der Waals surface area contributed by atoms with Crippen LogP contribution in [0.2, 0.25) is 0 Å². The van der Waals surface area contributed by atoms with Gasteiger partial charge in [0, 0.05) is 0 Å². The Morgan fingerprint density at radius 1 is 1.40 bits per heavy atom. The molecule has 0 rings (SSSR count). The van der Waals surface area contributed by atoms with E-state index in [1.165, 1.54) is 0 Å². The van der Waals surface area contributed by atoms with Gasteiger partial charge in [-0.2, -0.15) is 0 Å². The van der Waals surface area contributed by atoms with Crippen molar-refractivity contribution in [1.82, 2.24) is 5.32 Å². The predicted octanol–water partition coefficient (Wildman–Crippen LogP) is 0.346. The zero-order chi connectivity index (χ0) is 8.20. The zero-order valence-electron chi connectivity index (χ0n) is 6.55. The van der Waals surface area contributed by atoms with Crippen LogP contribution in [-0.4, -0.2) is 18.2 Å². The van der Waals surface area contributed by atoms with Gasteiger partial charge in [0.1, 0.15) is 6.29 Å². The summed E-state index contributed by atoms with van der Waals surface area (Å²) >= 11 is 0. The van der Waals surface area contributed by atoms with Gasteiger partial charge in [-0.05, 0) is 12.8 Å². The number of rotatable bonds is 4. The number of hydrogen-bond donors (Lipinski definition) is 1. The molecule has 0 fully saturated rings. The van der Waals surface area contributed by atoms with Crippen molar-refractivity contribution in [1.29, 1.82) is 0 Å². The van der Waals surface area contributed by atoms with Crippen molar-refractivity contribution in [3.8, 4) is 0 Å². The first kappa shape index (κ1) is 9.14. The lowest BCUT2D eigenvalue weighted by Gasteiger charge is -2.26. The van der Waals surface area contributed by atoms with Crippen LogP contribution < -0.4 is 5.32 Å². The Balaban J connectivity index is 4.21. The van der Waals surface area contributed by atoms with E-state index in [1.807, 2.05) is 13.8 Å². The molecule has 0 saturated heterocycles. The van der Waals surface area contributed by atoms with E-state index >= 15 is 0 Å². The molecule has 0 spiro atoms. The van der Waals surface area contributed by atoms with E-state index in [0.29, 0.717) is 6.41 Å². The molecule has 0 saturated carbocycles. The number of aldehydes is 1. The number of carbonyl (C=O) groups is 2. The molecule has 0 bridgehead atoms. The maximum absolute atomic E-state index is 10.4. The van der Waals surface area contributed by atoms with E-state index in [-0.39, 0.29) is 5.92 Å². The Hall–Kier alpha value is -0.860. The fraction of sp³-hybridized carbons (Fsp3) is 0.714. The third-order valence-electron chi connectivity index (χ3n) is 1.81. The van der Waals surface area contributed by atoms with Crippen LogP contribution in [0.5, 0.6) is 0 Å². The van der Waals surface area contributed by atoms with Gasteiger partial charge in [-0.15, -0.1) is 0 Å². The lowest BCUT2D eigenvalue weighted by molar-refractivity contribution is -0.120. The molecule has 1 atom stereocenters. The largest absolute Gasteiger partial charge is 0.346 e. The van der Waals surface area contributed by atoms with E-state index in [0.717, 1.165) is 6.29 Å². The average Bonchev–Trinajstić information content (AvgIpc) is 1.88. The summed E-state index contributed by atoms with van der Waals surface area (Å²) in [4.78, 5) is 20.5. The number of nitrogens with one attached hydrogen (secondary N) is 1. The molecular formula is C7H13NO2. The molecule has 0 radical (unpaired) electrons. The molecule has 0 heterocycles. The van der Waals surface area contributed by atoms with Crippen LogP contribution in [0.4, 0.5) is 0 Å². The highest BCUT2D eigenvalue weighted by Gasteiger charge is 2.26. The second-order valence-electron chi connectivity index (χ2n) is 2.82. The minimum atomic E-state index is -0.707. The van der Waals surface area contributed by atoms with E-state index in [2.05, 4.69) is 5.32 Å². The highest BCUT2D eigenvalue weighted by Crippen LogP contribution is 2.11. The molecule has 10 heavy (non-hydrogen) atoms. The summed E-state index contributed by atoms with van der Waals surface area (Å²) in [7, 11) is 0. The van der Waals surface area contributed by atoms with Crippen molar-refractivity contribution in [2.24, 2.45) is 5.92 Å². The van der Waals surface area contributed by atoms with E-state index in [4.69, 9.17) is 0 Å². The minimum absolute atomic E-state index is 0.121. The Morgan fingerprint density at radius 2 is 1.90 bits per heavy atom. The van der Waals surface area contributed by atoms with Crippen LogP contribution >= 0.6 is 0 Å². The van der Waals surface area contributed by atoms with Crippen molar-refractivity contribution in [3.05, 3.63) is 0 Å². The van der Waals surface area contributed by atoms with Gasteiger partial charge in [0.25, 0.3) is 0 Å². The van der Waals surface area contributed by atoms with Crippen molar-refractivity contribution < 1.29 is 9.59 Å². The summed E-state index contributed by atoms with van der Waals surface area (Å²) in [6.07, 6.45) is 1.31. The van der Waals surface area contributed by atoms with Crippen LogP contribution in [-0.2, 0) is 9.59 Å². The molecule has 0 aromatic carbocycles. The monoisotopic (exact) mass is 143 g/mol. The second kappa shape index (κ2) is 3.34. The van der Waals surface area contributed by atoms with Gasteiger partial charge in [0.2, 0.25) is 6.41 Å². The summed E-state index contributed by atoms with van der Waals surface area (Å²) < 4.78 is 0. The molecule has 3 heteroatoms. The molecule has 3 nitrogen and oxygen atoms in total. The third kappa shape index (κ3) is 1.83. The third-order valence-corrected chi connectivity index (χ3v) is 1.81. The fourth-order valence-electron chi connectivity index (χ4n) is 0.464. The molecule has 0 aliphatic heterocycles. The Bertz CT molecular complexity index is 134. The lowest BCUT2D eigenvalue weighted by Crippen LogP contribution is -2.47. The van der Waals surface area contributed by atoms with E-state index < -0.39 is 5.54 Å². The molecule has 1 amide bonds. The highest BCUT2D eigenvalue weighted by molar-refractivity contribution is 5.69. The summed E-state index contributed by atoms with van der Waals surface area (Å²) in [5.74, 6) is 0.121. The molecule has 58 valence electrons. The van der Waals surface area contributed by atoms with Gasteiger partial charge < -0.3 is 10.1 Å². The van der Waals surface area contributed by atoms with Gasteiger partial charge in [-0.3, -0.25) is 4.79 Å². The maximum Gasteiger partial charge on any atom is 0.207 e. The maximum atomic E-state index is 10.4. The predicted molar refractivity (Wildman–Crippen MR) is 38.5 cm³/mol. The van der Waals surface area contributed by atoms with Crippen LogP contribution in [0.3, 0.4) is 0 Å². The normalized spacial score (nSPS) is 16.0. The standard InChI is InChI=1S/C7H13NO2/c1-6(2)7(3,4-9)8-5-10/h4-6H,1-3H3,(H,8,10). The van der Waals surface area contributed by atoms with Crippen LogP contribution in [0.15, 0.2) is 0 Å². The van der Waals surface area contributed by atoms with Gasteiger partial charge in [-0.25, -0.2) is 0 Å². The van der Waals surface area contributed by atoms with Crippen LogP contribution in [0, 0.1) is 5.92 Å². The molecule has 1 N–H and O–H groups in total. The van der Waals surface area contributed by atoms with Crippen molar-refractivity contribution in [2.75, 3.05) is 0 Å². The summed E-state index contributed by atoms with van der Waals surface area (Å²) in [6, 6.07) is 0. The van der Waals surface area contributed by atoms with Gasteiger partial charge >= 0.3 is 0 Å². The number of amides is 1. The van der Waals surface area contributed by atoms with Gasteiger partial charge in [0.05, 0.1) is 5.54 Å². The molecule has 0 aliphatic rings. The fourth-order valence-corrected chi connectivity index (χ4v) is 0.464. The molecule has 0 aliphatic carbocycles. The second-order valence-corrected chi connectivity index (χ2v) is 2.82. The van der Waals surface area contributed by atoms with Crippen molar-refractivity contribution in [3.63, 3.8) is 0 Å². The molecular weight excluding hydrogens is 130 g/mol.